The Morgan fingerprint density at radius 2 is 1.50 bits per heavy atom. The number of nitrogen functional groups attached to an aromatic ring is 2. The van der Waals surface area contributed by atoms with E-state index in [1.54, 1.807) is 10.9 Å². The van der Waals surface area contributed by atoms with Gasteiger partial charge in [0.1, 0.15) is 48.2 Å². The lowest BCUT2D eigenvalue weighted by Crippen LogP contribution is -2.50. The standard InChI is InChI=1S/C23H31N11O4/c1-11(2)3-12-4-32(6-14(37-12)33-9-30-15-19(24)26-7-28-21(15)33)5-13-17(35)18(36)23(38-13)34-10-31-16-20(25)27-8-29-22(16)34/h7-14,17-18,23,35-36H,3-6H2,1-2H3,(H2,24,26,28)(H2,25,27,29)/t12-,13?,14?,17-,18-,23-/m1/s1. The molecule has 38 heavy (non-hydrogen) atoms. The molecule has 0 spiro atoms. The summed E-state index contributed by atoms with van der Waals surface area (Å²) in [6.45, 7) is 5.80. The number of anilines is 2. The molecule has 202 valence electrons. The molecule has 2 unspecified atom stereocenters. The Morgan fingerprint density at radius 1 is 0.868 bits per heavy atom. The Kier molecular flexibility index (Phi) is 6.31. The van der Waals surface area contributed by atoms with Crippen molar-refractivity contribution in [2.75, 3.05) is 31.1 Å². The highest BCUT2D eigenvalue weighted by Gasteiger charge is 2.45. The van der Waals surface area contributed by atoms with Gasteiger partial charge in [-0.15, -0.1) is 0 Å². The highest BCUT2D eigenvalue weighted by Crippen LogP contribution is 2.34. The van der Waals surface area contributed by atoms with Crippen LogP contribution in [0.5, 0.6) is 0 Å². The number of nitrogens with two attached hydrogens (primary N) is 2. The third kappa shape index (κ3) is 4.31. The van der Waals surface area contributed by atoms with E-state index < -0.39 is 24.5 Å². The number of imidazole rings is 2. The van der Waals surface area contributed by atoms with Gasteiger partial charge >= 0.3 is 0 Å². The minimum Gasteiger partial charge on any atom is -0.387 e. The van der Waals surface area contributed by atoms with E-state index >= 15 is 0 Å². The average molecular weight is 526 g/mol. The van der Waals surface area contributed by atoms with Crippen LogP contribution in [-0.4, -0.2) is 98.2 Å². The summed E-state index contributed by atoms with van der Waals surface area (Å²) in [4.78, 5) is 27.4. The van der Waals surface area contributed by atoms with Crippen LogP contribution in [0.2, 0.25) is 0 Å². The molecule has 15 heteroatoms. The zero-order valence-corrected chi connectivity index (χ0v) is 21.1. The number of aliphatic hydroxyl groups is 2. The number of hydrogen-bond acceptors (Lipinski definition) is 13. The average Bonchev–Trinajstić information content (AvgIpc) is 3.57. The first-order valence-electron chi connectivity index (χ1n) is 12.6. The number of fused-ring (bicyclic) bond motifs is 2. The van der Waals surface area contributed by atoms with Gasteiger partial charge in [-0.2, -0.15) is 0 Å². The number of morpholine rings is 1. The minimum absolute atomic E-state index is 0.0677. The van der Waals surface area contributed by atoms with Crippen LogP contribution in [0.3, 0.4) is 0 Å². The smallest absolute Gasteiger partial charge is 0.167 e. The van der Waals surface area contributed by atoms with Crippen molar-refractivity contribution in [3.8, 4) is 0 Å². The van der Waals surface area contributed by atoms with Gasteiger partial charge in [-0.1, -0.05) is 13.8 Å². The minimum atomic E-state index is -1.19. The summed E-state index contributed by atoms with van der Waals surface area (Å²) in [5.74, 6) is 0.955. The second kappa shape index (κ2) is 9.67. The maximum atomic E-state index is 10.9. The summed E-state index contributed by atoms with van der Waals surface area (Å²) >= 11 is 0. The lowest BCUT2D eigenvalue weighted by atomic mass is 10.0. The lowest BCUT2D eigenvalue weighted by molar-refractivity contribution is -0.136. The fraction of sp³-hybridized carbons (Fsp3) is 0.565. The fourth-order valence-corrected chi connectivity index (χ4v) is 5.35. The Hall–Kier alpha value is -3.50. The van der Waals surface area contributed by atoms with E-state index in [2.05, 4.69) is 48.7 Å². The van der Waals surface area contributed by atoms with E-state index in [4.69, 9.17) is 20.9 Å². The molecular formula is C23H31N11O4. The first-order valence-corrected chi connectivity index (χ1v) is 12.6. The maximum Gasteiger partial charge on any atom is 0.167 e. The predicted molar refractivity (Wildman–Crippen MR) is 135 cm³/mol. The summed E-state index contributed by atoms with van der Waals surface area (Å²) in [5.41, 5.74) is 13.8. The van der Waals surface area contributed by atoms with Crippen LogP contribution in [0.4, 0.5) is 11.6 Å². The molecule has 0 amide bonds. The van der Waals surface area contributed by atoms with Gasteiger partial charge in [-0.25, -0.2) is 29.9 Å². The Balaban J connectivity index is 1.24. The topological polar surface area (TPSA) is 201 Å². The van der Waals surface area contributed by atoms with E-state index in [9.17, 15) is 10.2 Å². The van der Waals surface area contributed by atoms with Gasteiger partial charge in [0.2, 0.25) is 0 Å². The molecule has 0 radical (unpaired) electrons. The van der Waals surface area contributed by atoms with Crippen molar-refractivity contribution in [3.05, 3.63) is 25.3 Å². The van der Waals surface area contributed by atoms with Crippen LogP contribution in [0, 0.1) is 5.92 Å². The predicted octanol–water partition coefficient (Wildman–Crippen LogP) is -0.305. The SMILES string of the molecule is CC(C)C[C@@H]1CN(CC2O[C@@H](n3cnc4c(N)ncnc43)[C@H](O)[C@@H]2O)CC(n2cnc3c(N)ncnc32)O1. The molecule has 0 aromatic carbocycles. The van der Waals surface area contributed by atoms with Gasteiger partial charge in [-0.05, 0) is 12.3 Å². The molecule has 6 heterocycles. The molecule has 2 aliphatic heterocycles. The summed E-state index contributed by atoms with van der Waals surface area (Å²) in [7, 11) is 0. The van der Waals surface area contributed by atoms with E-state index in [1.807, 2.05) is 4.57 Å². The van der Waals surface area contributed by atoms with Crippen molar-refractivity contribution in [1.29, 1.82) is 0 Å². The number of aliphatic hydroxyl groups excluding tert-OH is 2. The van der Waals surface area contributed by atoms with E-state index in [0.29, 0.717) is 53.7 Å². The lowest BCUT2D eigenvalue weighted by Gasteiger charge is -2.40. The van der Waals surface area contributed by atoms with Gasteiger partial charge in [-0.3, -0.25) is 14.0 Å². The van der Waals surface area contributed by atoms with Crippen LogP contribution in [0.1, 0.15) is 32.7 Å². The zero-order chi connectivity index (χ0) is 26.6. The first-order chi connectivity index (χ1) is 18.3. The van der Waals surface area contributed by atoms with Gasteiger partial charge in [0.25, 0.3) is 0 Å². The summed E-state index contributed by atoms with van der Waals surface area (Å²) in [6.07, 6.45) is 2.42. The fourth-order valence-electron chi connectivity index (χ4n) is 5.35. The summed E-state index contributed by atoms with van der Waals surface area (Å²) in [6, 6.07) is 0. The molecular weight excluding hydrogens is 494 g/mol. The normalized spacial score (nSPS) is 28.7. The van der Waals surface area contributed by atoms with Gasteiger partial charge < -0.3 is 31.2 Å². The van der Waals surface area contributed by atoms with Gasteiger partial charge in [0.05, 0.1) is 18.8 Å². The highest BCUT2D eigenvalue weighted by atomic mass is 16.6. The number of ether oxygens (including phenoxy) is 2. The van der Waals surface area contributed by atoms with Crippen LogP contribution < -0.4 is 11.5 Å². The molecule has 6 rings (SSSR count). The molecule has 0 saturated carbocycles. The molecule has 4 aromatic rings. The first kappa shape index (κ1) is 24.8. The number of aromatic nitrogens is 8. The van der Waals surface area contributed by atoms with Crippen LogP contribution in [0.15, 0.2) is 25.3 Å². The second-order valence-electron chi connectivity index (χ2n) is 10.3. The molecule has 2 fully saturated rings. The van der Waals surface area contributed by atoms with E-state index in [0.717, 1.165) is 6.42 Å². The van der Waals surface area contributed by atoms with Crippen molar-refractivity contribution in [1.82, 2.24) is 43.9 Å². The molecule has 15 nitrogen and oxygen atoms in total. The molecule has 0 aliphatic carbocycles. The molecule has 4 aromatic heterocycles. The highest BCUT2D eigenvalue weighted by molar-refractivity contribution is 5.81. The number of hydrogen-bond donors (Lipinski definition) is 4. The monoisotopic (exact) mass is 525 g/mol. The van der Waals surface area contributed by atoms with E-state index in [1.165, 1.54) is 19.0 Å². The molecule has 0 bridgehead atoms. The molecule has 6 N–H and O–H groups in total. The van der Waals surface area contributed by atoms with Crippen molar-refractivity contribution in [3.63, 3.8) is 0 Å². The van der Waals surface area contributed by atoms with Gasteiger partial charge in [0, 0.05) is 19.6 Å². The third-order valence-corrected chi connectivity index (χ3v) is 7.09. The quantitative estimate of drug-likeness (QED) is 0.256. The van der Waals surface area contributed by atoms with Crippen molar-refractivity contribution in [2.24, 2.45) is 5.92 Å². The van der Waals surface area contributed by atoms with Crippen molar-refractivity contribution >= 4 is 34.0 Å². The second-order valence-corrected chi connectivity index (χ2v) is 10.3. The van der Waals surface area contributed by atoms with Gasteiger partial charge in [0.15, 0.2) is 29.2 Å². The number of nitrogens with zero attached hydrogens (tertiary/aromatic N) is 9. The van der Waals surface area contributed by atoms with Crippen molar-refractivity contribution < 1.29 is 19.7 Å². The van der Waals surface area contributed by atoms with E-state index in [-0.39, 0.29) is 18.1 Å². The van der Waals surface area contributed by atoms with Crippen LogP contribution in [-0.2, 0) is 9.47 Å². The molecule has 2 aliphatic rings. The third-order valence-electron chi connectivity index (χ3n) is 7.09. The number of rotatable bonds is 6. The maximum absolute atomic E-state index is 10.9. The van der Waals surface area contributed by atoms with Crippen LogP contribution in [0.25, 0.3) is 22.3 Å². The zero-order valence-electron chi connectivity index (χ0n) is 21.1. The molecule has 6 atom stereocenters. The Bertz CT molecular complexity index is 1440. The Morgan fingerprint density at radius 3 is 2.16 bits per heavy atom. The summed E-state index contributed by atoms with van der Waals surface area (Å²) < 4.78 is 16.1. The largest absolute Gasteiger partial charge is 0.387 e. The van der Waals surface area contributed by atoms with Crippen molar-refractivity contribution in [2.45, 2.75) is 57.1 Å². The Labute approximate surface area is 217 Å². The van der Waals surface area contributed by atoms with Crippen LogP contribution >= 0.6 is 0 Å². The summed E-state index contributed by atoms with van der Waals surface area (Å²) in [5, 5.41) is 21.8. The molecule has 2 saturated heterocycles.